The summed E-state index contributed by atoms with van der Waals surface area (Å²) in [5.74, 6) is 0. The fourth-order valence-electron chi connectivity index (χ4n) is 4.70. The molecule has 4 aromatic rings. The van der Waals surface area contributed by atoms with Crippen molar-refractivity contribution >= 4 is 10.8 Å². The van der Waals surface area contributed by atoms with Gasteiger partial charge in [0, 0.05) is 6.54 Å². The molecule has 4 aromatic carbocycles. The summed E-state index contributed by atoms with van der Waals surface area (Å²) in [5.41, 5.74) is 9.89. The fraction of sp³-hybridized carbons (Fsp3) is 0.214. The summed E-state index contributed by atoms with van der Waals surface area (Å²) >= 11 is 0. The lowest BCUT2D eigenvalue weighted by Crippen LogP contribution is -2.15. The van der Waals surface area contributed by atoms with Crippen LogP contribution in [0.5, 0.6) is 0 Å². The minimum atomic E-state index is 0.910. The first kappa shape index (κ1) is 18.1. The molecular weight excluding hydrogens is 350 g/mol. The first-order chi connectivity index (χ1) is 14.4. The highest BCUT2D eigenvalue weighted by molar-refractivity contribution is 5.94. The normalized spacial score (nSPS) is 12.2. The van der Waals surface area contributed by atoms with Crippen LogP contribution in [-0.2, 0) is 13.0 Å². The van der Waals surface area contributed by atoms with E-state index in [2.05, 4.69) is 91.1 Å². The third-order valence-corrected chi connectivity index (χ3v) is 6.19. The molecule has 0 unspecified atom stereocenters. The summed E-state index contributed by atoms with van der Waals surface area (Å²) in [6.07, 6.45) is 3.47. The molecule has 0 radical (unpaired) electrons. The van der Waals surface area contributed by atoms with Crippen LogP contribution in [-0.4, -0.2) is 6.54 Å². The van der Waals surface area contributed by atoms with Crippen LogP contribution >= 0.6 is 0 Å². The van der Waals surface area contributed by atoms with Crippen LogP contribution in [0.2, 0.25) is 0 Å². The molecule has 0 atom stereocenters. The molecule has 5 rings (SSSR count). The van der Waals surface area contributed by atoms with Crippen molar-refractivity contribution in [3.05, 3.63) is 95.6 Å². The van der Waals surface area contributed by atoms with E-state index < -0.39 is 0 Å². The van der Waals surface area contributed by atoms with Crippen LogP contribution in [0.15, 0.2) is 78.9 Å². The molecule has 0 aliphatic heterocycles. The van der Waals surface area contributed by atoms with Gasteiger partial charge >= 0.3 is 0 Å². The van der Waals surface area contributed by atoms with E-state index in [-0.39, 0.29) is 0 Å². The fourth-order valence-corrected chi connectivity index (χ4v) is 4.70. The van der Waals surface area contributed by atoms with Crippen molar-refractivity contribution in [2.45, 2.75) is 32.7 Å². The zero-order valence-corrected chi connectivity index (χ0v) is 17.0. The molecule has 0 heterocycles. The predicted molar refractivity (Wildman–Crippen MR) is 124 cm³/mol. The Morgan fingerprint density at radius 2 is 1.48 bits per heavy atom. The highest BCUT2D eigenvalue weighted by Crippen LogP contribution is 2.43. The average molecular weight is 378 g/mol. The molecule has 0 saturated carbocycles. The first-order valence-electron chi connectivity index (χ1n) is 10.8. The van der Waals surface area contributed by atoms with Crippen LogP contribution in [0.3, 0.4) is 0 Å². The van der Waals surface area contributed by atoms with Gasteiger partial charge in [-0.3, -0.25) is 0 Å². The van der Waals surface area contributed by atoms with Crippen molar-refractivity contribution in [2.75, 3.05) is 6.54 Å². The van der Waals surface area contributed by atoms with Gasteiger partial charge in [0.2, 0.25) is 0 Å². The van der Waals surface area contributed by atoms with Gasteiger partial charge in [0.25, 0.3) is 0 Å². The van der Waals surface area contributed by atoms with Gasteiger partial charge in [-0.15, -0.1) is 0 Å². The summed E-state index contributed by atoms with van der Waals surface area (Å²) in [6.45, 7) is 4.22. The van der Waals surface area contributed by atoms with E-state index in [0.29, 0.717) is 0 Å². The Labute approximate surface area is 173 Å². The second kappa shape index (κ2) is 7.85. The Bertz CT molecular complexity index is 1170. The van der Waals surface area contributed by atoms with Gasteiger partial charge in [-0.1, -0.05) is 92.2 Å². The van der Waals surface area contributed by atoms with Gasteiger partial charge < -0.3 is 5.32 Å². The zero-order chi connectivity index (χ0) is 19.6. The maximum absolute atomic E-state index is 3.69. The van der Waals surface area contributed by atoms with E-state index in [1.807, 2.05) is 0 Å². The molecule has 0 spiro atoms. The van der Waals surface area contributed by atoms with Gasteiger partial charge in [0.15, 0.2) is 0 Å². The number of rotatable bonds is 6. The Kier molecular flexibility index (Phi) is 4.91. The van der Waals surface area contributed by atoms with Crippen LogP contribution in [0.1, 0.15) is 36.5 Å². The average Bonchev–Trinajstić information content (AvgIpc) is 3.15. The molecule has 1 aliphatic rings. The lowest BCUT2D eigenvalue weighted by Gasteiger charge is -2.17. The third-order valence-electron chi connectivity index (χ3n) is 6.19. The smallest absolute Gasteiger partial charge is 0.0217 e. The Balaban J connectivity index is 1.64. The van der Waals surface area contributed by atoms with Crippen LogP contribution in [0.4, 0.5) is 0 Å². The van der Waals surface area contributed by atoms with Crippen LogP contribution in [0.25, 0.3) is 33.0 Å². The first-order valence-corrected chi connectivity index (χ1v) is 10.8. The van der Waals surface area contributed by atoms with E-state index in [1.54, 1.807) is 0 Å². The molecule has 1 aliphatic carbocycles. The molecule has 0 bridgehead atoms. The molecule has 0 fully saturated rings. The Morgan fingerprint density at radius 3 is 2.38 bits per heavy atom. The molecule has 29 heavy (non-hydrogen) atoms. The van der Waals surface area contributed by atoms with E-state index in [4.69, 9.17) is 0 Å². The number of benzene rings is 4. The highest BCUT2D eigenvalue weighted by atomic mass is 14.8. The largest absolute Gasteiger partial charge is 0.313 e. The van der Waals surface area contributed by atoms with E-state index in [1.165, 1.54) is 62.6 Å². The molecule has 1 nitrogen and oxygen atoms in total. The Morgan fingerprint density at radius 1 is 0.724 bits per heavy atom. The number of fused-ring (bicyclic) bond motifs is 4. The maximum Gasteiger partial charge on any atom is 0.0217 e. The SMILES string of the molecule is CCCCNCc1c(-c2cccc3c2Cc2ccccc2-3)ccc2ccccc12. The van der Waals surface area contributed by atoms with Crippen molar-refractivity contribution in [3.63, 3.8) is 0 Å². The number of unbranched alkanes of at least 4 members (excludes halogenated alkanes) is 1. The molecule has 1 N–H and O–H groups in total. The van der Waals surface area contributed by atoms with Crippen LogP contribution in [0, 0.1) is 0 Å². The number of hydrogen-bond donors (Lipinski definition) is 1. The van der Waals surface area contributed by atoms with E-state index >= 15 is 0 Å². The molecule has 1 heteroatoms. The minimum absolute atomic E-state index is 0.910. The van der Waals surface area contributed by atoms with Gasteiger partial charge in [0.1, 0.15) is 0 Å². The second-order valence-corrected chi connectivity index (χ2v) is 8.01. The van der Waals surface area contributed by atoms with Crippen LogP contribution < -0.4 is 5.32 Å². The van der Waals surface area contributed by atoms with E-state index in [9.17, 15) is 0 Å². The van der Waals surface area contributed by atoms with Crippen molar-refractivity contribution in [3.8, 4) is 22.3 Å². The van der Waals surface area contributed by atoms with E-state index in [0.717, 1.165) is 19.5 Å². The molecule has 0 amide bonds. The lowest BCUT2D eigenvalue weighted by molar-refractivity contribution is 0.644. The third kappa shape index (κ3) is 3.26. The lowest BCUT2D eigenvalue weighted by atomic mass is 9.89. The summed E-state index contributed by atoms with van der Waals surface area (Å²) in [6, 6.07) is 29.1. The zero-order valence-electron chi connectivity index (χ0n) is 17.0. The summed E-state index contributed by atoms with van der Waals surface area (Å²) in [4.78, 5) is 0. The predicted octanol–water partition coefficient (Wildman–Crippen LogP) is 6.97. The van der Waals surface area contributed by atoms with Crippen molar-refractivity contribution < 1.29 is 0 Å². The summed E-state index contributed by atoms with van der Waals surface area (Å²) in [7, 11) is 0. The monoisotopic (exact) mass is 377 g/mol. The molecule has 0 saturated heterocycles. The van der Waals surface area contributed by atoms with Crippen molar-refractivity contribution in [2.24, 2.45) is 0 Å². The van der Waals surface area contributed by atoms with Gasteiger partial charge in [-0.2, -0.15) is 0 Å². The maximum atomic E-state index is 3.69. The quantitative estimate of drug-likeness (QED) is 0.315. The summed E-state index contributed by atoms with van der Waals surface area (Å²) < 4.78 is 0. The number of nitrogens with one attached hydrogen (secondary N) is 1. The molecular formula is C28H27N. The second-order valence-electron chi connectivity index (χ2n) is 8.01. The van der Waals surface area contributed by atoms with Crippen molar-refractivity contribution in [1.29, 1.82) is 0 Å². The highest BCUT2D eigenvalue weighted by Gasteiger charge is 2.22. The van der Waals surface area contributed by atoms with Crippen molar-refractivity contribution in [1.82, 2.24) is 5.32 Å². The Hall–Kier alpha value is -2.90. The summed E-state index contributed by atoms with van der Waals surface area (Å²) in [5, 5.41) is 6.37. The van der Waals surface area contributed by atoms with Gasteiger partial charge in [0.05, 0.1) is 0 Å². The topological polar surface area (TPSA) is 12.0 Å². The number of hydrogen-bond acceptors (Lipinski definition) is 1. The van der Waals surface area contributed by atoms with Gasteiger partial charge in [-0.05, 0) is 69.1 Å². The van der Waals surface area contributed by atoms with Gasteiger partial charge in [-0.25, -0.2) is 0 Å². The minimum Gasteiger partial charge on any atom is -0.313 e. The standard InChI is InChI=1S/C28H27N/c1-2-3-17-29-19-28-22-11-6-4-9-20(22)15-16-26(28)25-14-8-13-24-23-12-7-5-10-21(23)18-27(24)25/h4-16,29H,2-3,17-19H2,1H3. The molecule has 144 valence electrons. The molecule has 0 aromatic heterocycles.